The van der Waals surface area contributed by atoms with Gasteiger partial charge in [-0.25, -0.2) is 15.0 Å². The van der Waals surface area contributed by atoms with Crippen molar-refractivity contribution in [3.63, 3.8) is 0 Å². The second-order valence-corrected chi connectivity index (χ2v) is 6.21. The Hall–Kier alpha value is -2.48. The molecule has 8 nitrogen and oxygen atoms in total. The Morgan fingerprint density at radius 1 is 1.46 bits per heavy atom. The zero-order chi connectivity index (χ0) is 17.2. The first-order valence-corrected chi connectivity index (χ1v) is 7.89. The third-order valence-corrected chi connectivity index (χ3v) is 4.11. The summed E-state index contributed by atoms with van der Waals surface area (Å²) in [4.78, 5) is 28.3. The fourth-order valence-corrected chi connectivity index (χ4v) is 3.04. The molecule has 0 aromatic carbocycles. The summed E-state index contributed by atoms with van der Waals surface area (Å²) in [6.07, 6.45) is 6.12. The van der Waals surface area contributed by atoms with Crippen LogP contribution in [0, 0.1) is 6.92 Å². The van der Waals surface area contributed by atoms with Crippen molar-refractivity contribution in [3.8, 4) is 0 Å². The van der Waals surface area contributed by atoms with E-state index in [1.807, 2.05) is 4.90 Å². The largest absolute Gasteiger partial charge is 0.448 e. The Balaban J connectivity index is 1.67. The molecule has 0 aliphatic carbocycles. The Labute approximate surface area is 140 Å². The molecular formula is C16H21N5O3. The summed E-state index contributed by atoms with van der Waals surface area (Å²) >= 11 is 0. The molecule has 1 fully saturated rings. The molecule has 2 aromatic heterocycles. The van der Waals surface area contributed by atoms with Crippen LogP contribution in [0.15, 0.2) is 29.1 Å². The summed E-state index contributed by atoms with van der Waals surface area (Å²) in [5.41, 5.74) is -0.765. The number of rotatable bonds is 4. The van der Waals surface area contributed by atoms with Gasteiger partial charge in [-0.15, -0.1) is 0 Å². The van der Waals surface area contributed by atoms with Gasteiger partial charge in [-0.3, -0.25) is 4.79 Å². The third-order valence-electron chi connectivity index (χ3n) is 4.11. The molecule has 1 aliphatic rings. The van der Waals surface area contributed by atoms with E-state index in [0.29, 0.717) is 24.8 Å². The van der Waals surface area contributed by atoms with E-state index in [-0.39, 0.29) is 18.1 Å². The van der Waals surface area contributed by atoms with Crippen LogP contribution in [-0.4, -0.2) is 63.1 Å². The number of hydrogen-bond acceptors (Lipinski definition) is 7. The van der Waals surface area contributed by atoms with E-state index >= 15 is 0 Å². The maximum atomic E-state index is 12.4. The van der Waals surface area contributed by atoms with Crippen LogP contribution in [-0.2, 0) is 0 Å². The zero-order valence-electron chi connectivity index (χ0n) is 13.8. The van der Waals surface area contributed by atoms with Crippen LogP contribution < -0.4 is 4.90 Å². The highest BCUT2D eigenvalue weighted by molar-refractivity contribution is 5.91. The second-order valence-electron chi connectivity index (χ2n) is 6.21. The number of piperidine rings is 1. The van der Waals surface area contributed by atoms with Gasteiger partial charge in [0.25, 0.3) is 5.91 Å². The number of amides is 1. The van der Waals surface area contributed by atoms with Crippen LogP contribution in [0.5, 0.6) is 0 Å². The SMILES string of the molecule is Cc1nc(C(=O)N(C)C[C@]2(O)CCCN(c3ncccn3)C2)co1. The molecule has 0 spiro atoms. The number of oxazole rings is 1. The lowest BCUT2D eigenvalue weighted by molar-refractivity contribution is -0.000444. The molecule has 0 unspecified atom stereocenters. The Bertz CT molecular complexity index is 705. The van der Waals surface area contributed by atoms with Crippen LogP contribution in [0.25, 0.3) is 0 Å². The third kappa shape index (κ3) is 3.53. The van der Waals surface area contributed by atoms with Crippen LogP contribution in [0.2, 0.25) is 0 Å². The van der Waals surface area contributed by atoms with Crippen molar-refractivity contribution >= 4 is 11.9 Å². The van der Waals surface area contributed by atoms with Crippen molar-refractivity contribution in [1.29, 1.82) is 0 Å². The van der Waals surface area contributed by atoms with Gasteiger partial charge in [0.15, 0.2) is 11.6 Å². The van der Waals surface area contributed by atoms with E-state index in [1.165, 1.54) is 11.2 Å². The molecule has 2 aromatic rings. The lowest BCUT2D eigenvalue weighted by Gasteiger charge is -2.40. The summed E-state index contributed by atoms with van der Waals surface area (Å²) in [6, 6.07) is 1.76. The summed E-state index contributed by atoms with van der Waals surface area (Å²) in [5.74, 6) is 0.764. The first-order chi connectivity index (χ1) is 11.5. The highest BCUT2D eigenvalue weighted by Gasteiger charge is 2.36. The van der Waals surface area contributed by atoms with E-state index in [1.54, 1.807) is 32.4 Å². The summed E-state index contributed by atoms with van der Waals surface area (Å²) in [6.45, 7) is 3.06. The first-order valence-electron chi connectivity index (χ1n) is 7.89. The monoisotopic (exact) mass is 331 g/mol. The summed E-state index contributed by atoms with van der Waals surface area (Å²) in [7, 11) is 1.66. The van der Waals surface area contributed by atoms with Crippen LogP contribution in [0.3, 0.4) is 0 Å². The molecule has 128 valence electrons. The average molecular weight is 331 g/mol. The number of carbonyl (C=O) groups is 1. The predicted octanol–water partition coefficient (Wildman–Crippen LogP) is 0.877. The number of anilines is 1. The van der Waals surface area contributed by atoms with Crippen LogP contribution in [0.4, 0.5) is 5.95 Å². The fourth-order valence-electron chi connectivity index (χ4n) is 3.04. The minimum atomic E-state index is -1.01. The van der Waals surface area contributed by atoms with Gasteiger partial charge in [-0.1, -0.05) is 0 Å². The Morgan fingerprint density at radius 2 is 2.21 bits per heavy atom. The fraction of sp³-hybridized carbons (Fsp3) is 0.500. The van der Waals surface area contributed by atoms with Gasteiger partial charge in [0, 0.05) is 32.9 Å². The first kappa shape index (κ1) is 16.4. The van der Waals surface area contributed by atoms with Crippen molar-refractivity contribution in [2.24, 2.45) is 0 Å². The topological polar surface area (TPSA) is 95.6 Å². The molecule has 3 heterocycles. The van der Waals surface area contributed by atoms with Crippen molar-refractivity contribution < 1.29 is 14.3 Å². The summed E-state index contributed by atoms with van der Waals surface area (Å²) < 4.78 is 5.08. The van der Waals surface area contributed by atoms with Gasteiger partial charge in [0.2, 0.25) is 5.95 Å². The lowest BCUT2D eigenvalue weighted by atomic mass is 9.92. The normalized spacial score (nSPS) is 20.9. The smallest absolute Gasteiger partial charge is 0.275 e. The van der Waals surface area contributed by atoms with E-state index < -0.39 is 5.60 Å². The molecule has 1 atom stereocenters. The zero-order valence-corrected chi connectivity index (χ0v) is 13.8. The van der Waals surface area contributed by atoms with E-state index in [4.69, 9.17) is 4.42 Å². The number of aliphatic hydroxyl groups is 1. The van der Waals surface area contributed by atoms with Gasteiger partial charge in [0.05, 0.1) is 18.7 Å². The van der Waals surface area contributed by atoms with Crippen molar-refractivity contribution in [1.82, 2.24) is 19.9 Å². The maximum Gasteiger partial charge on any atom is 0.275 e. The lowest BCUT2D eigenvalue weighted by Crippen LogP contribution is -2.55. The van der Waals surface area contributed by atoms with Crippen molar-refractivity contribution in [2.75, 3.05) is 31.6 Å². The predicted molar refractivity (Wildman–Crippen MR) is 86.6 cm³/mol. The van der Waals surface area contributed by atoms with Gasteiger partial charge >= 0.3 is 0 Å². The average Bonchev–Trinajstić information content (AvgIpc) is 3.01. The molecular weight excluding hydrogens is 310 g/mol. The van der Waals surface area contributed by atoms with E-state index in [2.05, 4.69) is 15.0 Å². The molecule has 8 heteroatoms. The van der Waals surface area contributed by atoms with Crippen molar-refractivity contribution in [3.05, 3.63) is 36.3 Å². The minimum Gasteiger partial charge on any atom is -0.448 e. The Kier molecular flexibility index (Phi) is 4.48. The number of aryl methyl sites for hydroxylation is 1. The number of hydrogen-bond donors (Lipinski definition) is 1. The molecule has 1 aliphatic heterocycles. The highest BCUT2D eigenvalue weighted by Crippen LogP contribution is 2.25. The van der Waals surface area contributed by atoms with Crippen LogP contribution >= 0.6 is 0 Å². The van der Waals surface area contributed by atoms with E-state index in [9.17, 15) is 9.90 Å². The quantitative estimate of drug-likeness (QED) is 0.888. The molecule has 0 saturated carbocycles. The molecule has 1 saturated heterocycles. The van der Waals surface area contributed by atoms with Crippen molar-refractivity contribution in [2.45, 2.75) is 25.4 Å². The number of carbonyl (C=O) groups excluding carboxylic acids is 1. The van der Waals surface area contributed by atoms with Gasteiger partial charge in [-0.05, 0) is 18.9 Å². The maximum absolute atomic E-state index is 12.4. The second kappa shape index (κ2) is 6.56. The number of nitrogens with zero attached hydrogens (tertiary/aromatic N) is 5. The standard InChI is InChI=1S/C16H21N5O3/c1-12-19-13(9-24-12)14(22)20(2)10-16(23)5-3-8-21(11-16)15-17-6-4-7-18-15/h4,6-7,9,23H,3,5,8,10-11H2,1-2H3/t16-/m1/s1. The van der Waals surface area contributed by atoms with Crippen LogP contribution in [0.1, 0.15) is 29.2 Å². The molecule has 1 N–H and O–H groups in total. The van der Waals surface area contributed by atoms with Gasteiger partial charge < -0.3 is 19.3 Å². The molecule has 1 amide bonds. The number of β-amino-alcohol motifs (C(OH)–C–C–N with tert-alkyl or cyclic N) is 1. The highest BCUT2D eigenvalue weighted by atomic mass is 16.3. The number of aromatic nitrogens is 3. The minimum absolute atomic E-state index is 0.209. The number of likely N-dealkylation sites (N-methyl/N-ethyl adjacent to an activating group) is 1. The van der Waals surface area contributed by atoms with Gasteiger partial charge in [0.1, 0.15) is 6.26 Å². The molecule has 0 radical (unpaired) electrons. The summed E-state index contributed by atoms with van der Waals surface area (Å²) in [5, 5.41) is 10.9. The molecule has 3 rings (SSSR count). The Morgan fingerprint density at radius 3 is 2.88 bits per heavy atom. The molecule has 0 bridgehead atoms. The van der Waals surface area contributed by atoms with Gasteiger partial charge in [-0.2, -0.15) is 0 Å². The van der Waals surface area contributed by atoms with E-state index in [0.717, 1.165) is 13.0 Å². The molecule has 24 heavy (non-hydrogen) atoms.